The highest BCUT2D eigenvalue weighted by Crippen LogP contribution is 2.35. The van der Waals surface area contributed by atoms with Gasteiger partial charge >= 0.3 is 6.11 Å². The van der Waals surface area contributed by atoms with E-state index < -0.39 is 18.3 Å². The standard InChI is InChI=1S/C17H24F2N2O2/c18-17(19)13-20-12-16(23-17)5-7-21(8-6-16)11-15-3-1-2-14(10-15)4-9-22/h1-3,10,20,22H,4-9,11-13H2. The van der Waals surface area contributed by atoms with E-state index in [1.165, 1.54) is 5.56 Å². The highest BCUT2D eigenvalue weighted by Gasteiger charge is 2.47. The predicted octanol–water partition coefficient (Wildman–Crippen LogP) is 1.77. The maximum atomic E-state index is 13.5. The van der Waals surface area contributed by atoms with Gasteiger partial charge in [0.2, 0.25) is 0 Å². The Balaban J connectivity index is 1.56. The Kier molecular flexibility index (Phi) is 4.96. The Labute approximate surface area is 135 Å². The summed E-state index contributed by atoms with van der Waals surface area (Å²) in [5.74, 6) is 0. The molecule has 0 unspecified atom stereocenters. The molecule has 0 aromatic heterocycles. The summed E-state index contributed by atoms with van der Waals surface area (Å²) < 4.78 is 32.1. The number of hydrogen-bond acceptors (Lipinski definition) is 4. The first-order valence-electron chi connectivity index (χ1n) is 8.20. The van der Waals surface area contributed by atoms with Crippen LogP contribution in [0.4, 0.5) is 8.78 Å². The van der Waals surface area contributed by atoms with Crippen molar-refractivity contribution < 1.29 is 18.6 Å². The van der Waals surface area contributed by atoms with Crippen LogP contribution in [0.25, 0.3) is 0 Å². The molecule has 0 bridgehead atoms. The van der Waals surface area contributed by atoms with Crippen molar-refractivity contribution in [2.24, 2.45) is 0 Å². The van der Waals surface area contributed by atoms with Gasteiger partial charge in [-0.05, 0) is 30.4 Å². The number of ether oxygens (including phenoxy) is 1. The fraction of sp³-hybridized carbons (Fsp3) is 0.647. The molecule has 4 nitrogen and oxygen atoms in total. The normalized spacial score (nSPS) is 24.0. The van der Waals surface area contributed by atoms with Crippen LogP contribution in [-0.2, 0) is 17.7 Å². The van der Waals surface area contributed by atoms with E-state index in [-0.39, 0.29) is 6.61 Å². The molecule has 2 N–H and O–H groups in total. The monoisotopic (exact) mass is 326 g/mol. The minimum atomic E-state index is -3.06. The summed E-state index contributed by atoms with van der Waals surface area (Å²) in [5, 5.41) is 11.8. The first-order chi connectivity index (χ1) is 11.0. The fourth-order valence-electron chi connectivity index (χ4n) is 3.49. The van der Waals surface area contributed by atoms with Gasteiger partial charge < -0.3 is 15.2 Å². The van der Waals surface area contributed by atoms with Crippen molar-refractivity contribution >= 4 is 0 Å². The number of morpholine rings is 1. The molecule has 2 fully saturated rings. The Bertz CT molecular complexity index is 531. The number of piperidine rings is 1. The van der Waals surface area contributed by atoms with Gasteiger partial charge in [0.25, 0.3) is 0 Å². The van der Waals surface area contributed by atoms with E-state index in [0.29, 0.717) is 25.8 Å². The van der Waals surface area contributed by atoms with Crippen LogP contribution in [-0.4, -0.2) is 54.5 Å². The number of benzene rings is 1. The van der Waals surface area contributed by atoms with Gasteiger partial charge in [-0.3, -0.25) is 4.90 Å². The van der Waals surface area contributed by atoms with Crippen molar-refractivity contribution in [3.63, 3.8) is 0 Å². The first-order valence-corrected chi connectivity index (χ1v) is 8.20. The Morgan fingerprint density at radius 2 is 1.91 bits per heavy atom. The number of halogens is 2. The number of nitrogens with one attached hydrogen (secondary N) is 1. The van der Waals surface area contributed by atoms with Crippen LogP contribution in [0, 0.1) is 0 Å². The van der Waals surface area contributed by atoms with Crippen LogP contribution in [0.1, 0.15) is 24.0 Å². The summed E-state index contributed by atoms with van der Waals surface area (Å²) in [7, 11) is 0. The van der Waals surface area contributed by atoms with Crippen molar-refractivity contribution in [1.82, 2.24) is 10.2 Å². The second-order valence-electron chi connectivity index (χ2n) is 6.60. The predicted molar refractivity (Wildman–Crippen MR) is 83.4 cm³/mol. The van der Waals surface area contributed by atoms with Crippen LogP contribution in [0.5, 0.6) is 0 Å². The lowest BCUT2D eigenvalue weighted by Crippen LogP contribution is -2.60. The topological polar surface area (TPSA) is 44.7 Å². The summed E-state index contributed by atoms with van der Waals surface area (Å²) >= 11 is 0. The SMILES string of the molecule is OCCc1cccc(CN2CCC3(CC2)CNCC(F)(F)O3)c1. The molecule has 6 heteroatoms. The van der Waals surface area contributed by atoms with Crippen molar-refractivity contribution in [1.29, 1.82) is 0 Å². The molecule has 128 valence electrons. The Morgan fingerprint density at radius 3 is 2.61 bits per heavy atom. The van der Waals surface area contributed by atoms with Gasteiger partial charge in [0.15, 0.2) is 0 Å². The quantitative estimate of drug-likeness (QED) is 0.885. The molecule has 0 radical (unpaired) electrons. The Hall–Kier alpha value is -1.08. The molecule has 2 heterocycles. The zero-order valence-electron chi connectivity index (χ0n) is 13.2. The number of likely N-dealkylation sites (tertiary alicyclic amines) is 1. The third-order valence-electron chi connectivity index (χ3n) is 4.71. The summed E-state index contributed by atoms with van der Waals surface area (Å²) in [5.41, 5.74) is 1.59. The molecule has 3 rings (SSSR count). The van der Waals surface area contributed by atoms with Gasteiger partial charge in [-0.25, -0.2) is 0 Å². The largest absolute Gasteiger partial charge is 0.396 e. The number of rotatable bonds is 4. The summed E-state index contributed by atoms with van der Waals surface area (Å²) in [6.07, 6.45) is -1.16. The second kappa shape index (κ2) is 6.81. The number of aliphatic hydroxyl groups is 1. The lowest BCUT2D eigenvalue weighted by atomic mass is 9.89. The van der Waals surface area contributed by atoms with Crippen LogP contribution in [0.2, 0.25) is 0 Å². The molecule has 0 atom stereocenters. The maximum absolute atomic E-state index is 13.5. The van der Waals surface area contributed by atoms with E-state index in [1.807, 2.05) is 12.1 Å². The molecular formula is C17H24F2N2O2. The molecule has 0 aliphatic carbocycles. The molecule has 23 heavy (non-hydrogen) atoms. The third kappa shape index (κ3) is 4.26. The summed E-state index contributed by atoms with van der Waals surface area (Å²) in [6, 6.07) is 8.18. The third-order valence-corrected chi connectivity index (χ3v) is 4.71. The van der Waals surface area contributed by atoms with Gasteiger partial charge in [-0.2, -0.15) is 8.78 Å². The Morgan fingerprint density at radius 1 is 1.17 bits per heavy atom. The van der Waals surface area contributed by atoms with Crippen LogP contribution in [0.15, 0.2) is 24.3 Å². The van der Waals surface area contributed by atoms with Gasteiger partial charge in [0.1, 0.15) is 0 Å². The number of alkyl halides is 2. The molecular weight excluding hydrogens is 302 g/mol. The minimum Gasteiger partial charge on any atom is -0.396 e. The first kappa shape index (κ1) is 16.8. The molecule has 0 saturated carbocycles. The van der Waals surface area contributed by atoms with Crippen LogP contribution in [0.3, 0.4) is 0 Å². The smallest absolute Gasteiger partial charge is 0.368 e. The van der Waals surface area contributed by atoms with Crippen molar-refractivity contribution in [2.45, 2.75) is 37.5 Å². The highest BCUT2D eigenvalue weighted by molar-refractivity contribution is 5.23. The van der Waals surface area contributed by atoms with Gasteiger partial charge in [-0.15, -0.1) is 0 Å². The van der Waals surface area contributed by atoms with E-state index >= 15 is 0 Å². The molecule has 2 aliphatic heterocycles. The van der Waals surface area contributed by atoms with E-state index in [0.717, 1.165) is 25.2 Å². The maximum Gasteiger partial charge on any atom is 0.368 e. The van der Waals surface area contributed by atoms with Crippen molar-refractivity contribution in [3.8, 4) is 0 Å². The average molecular weight is 326 g/mol. The molecule has 2 saturated heterocycles. The van der Waals surface area contributed by atoms with Crippen LogP contribution < -0.4 is 5.32 Å². The van der Waals surface area contributed by atoms with E-state index in [1.54, 1.807) is 0 Å². The fourth-order valence-corrected chi connectivity index (χ4v) is 3.49. The highest BCUT2D eigenvalue weighted by atomic mass is 19.3. The second-order valence-corrected chi connectivity index (χ2v) is 6.60. The lowest BCUT2D eigenvalue weighted by molar-refractivity contribution is -0.315. The van der Waals surface area contributed by atoms with Crippen molar-refractivity contribution in [2.75, 3.05) is 32.8 Å². The van der Waals surface area contributed by atoms with E-state index in [4.69, 9.17) is 9.84 Å². The molecule has 1 aromatic carbocycles. The van der Waals surface area contributed by atoms with Gasteiger partial charge in [-0.1, -0.05) is 24.3 Å². The average Bonchev–Trinajstić information content (AvgIpc) is 2.50. The summed E-state index contributed by atoms with van der Waals surface area (Å²) in [6.45, 7) is 2.57. The molecule has 0 amide bonds. The van der Waals surface area contributed by atoms with E-state index in [2.05, 4.69) is 22.3 Å². The number of aliphatic hydroxyl groups excluding tert-OH is 1. The minimum absolute atomic E-state index is 0.147. The zero-order valence-corrected chi connectivity index (χ0v) is 13.2. The van der Waals surface area contributed by atoms with E-state index in [9.17, 15) is 8.78 Å². The number of nitrogens with zero attached hydrogens (tertiary/aromatic N) is 1. The number of hydrogen-bond donors (Lipinski definition) is 2. The molecule has 1 aromatic rings. The van der Waals surface area contributed by atoms with Gasteiger partial charge in [0.05, 0.1) is 12.1 Å². The molecule has 1 spiro atoms. The molecule has 2 aliphatic rings. The van der Waals surface area contributed by atoms with Gasteiger partial charge in [0, 0.05) is 32.8 Å². The zero-order chi connectivity index (χ0) is 16.3. The van der Waals surface area contributed by atoms with Crippen molar-refractivity contribution in [3.05, 3.63) is 35.4 Å². The summed E-state index contributed by atoms with van der Waals surface area (Å²) in [4.78, 5) is 2.28. The lowest BCUT2D eigenvalue weighted by Gasteiger charge is -2.46. The van der Waals surface area contributed by atoms with Crippen LogP contribution >= 0.6 is 0 Å².